The van der Waals surface area contributed by atoms with E-state index in [1.165, 1.54) is 17.7 Å². The molecule has 1 heterocycles. The van der Waals surface area contributed by atoms with E-state index < -0.39 is 0 Å². The first kappa shape index (κ1) is 19.4. The van der Waals surface area contributed by atoms with Gasteiger partial charge in [-0.2, -0.15) is 0 Å². The van der Waals surface area contributed by atoms with Crippen molar-refractivity contribution in [2.75, 3.05) is 10.6 Å². The van der Waals surface area contributed by atoms with Crippen LogP contribution in [-0.4, -0.2) is 5.91 Å². The lowest BCUT2D eigenvalue weighted by molar-refractivity contribution is -0.117. The Balaban J connectivity index is 1.87. The zero-order valence-electron chi connectivity index (χ0n) is 16.9. The number of hydrogen-bond acceptors (Lipinski definition) is 2. The number of amides is 1. The average molecular weight is 368 g/mol. The third kappa shape index (κ3) is 4.49. The van der Waals surface area contributed by atoms with E-state index >= 15 is 0 Å². The molecule has 1 aliphatic heterocycles. The van der Waals surface area contributed by atoms with Gasteiger partial charge in [0.05, 0.1) is 6.04 Å². The number of benzene rings is 2. The average Bonchev–Trinajstić information content (AvgIpc) is 2.57. The summed E-state index contributed by atoms with van der Waals surface area (Å²) in [7, 11) is 0. The number of fused-ring (bicyclic) bond motifs is 1. The van der Waals surface area contributed by atoms with Crippen LogP contribution in [0.4, 0.5) is 15.8 Å². The Bertz CT molecular complexity index is 850. The molecule has 27 heavy (non-hydrogen) atoms. The van der Waals surface area contributed by atoms with Crippen LogP contribution in [0.15, 0.2) is 30.3 Å². The summed E-state index contributed by atoms with van der Waals surface area (Å²) in [5, 5.41) is 6.74. The molecule has 4 heteroatoms. The van der Waals surface area contributed by atoms with E-state index in [0.29, 0.717) is 6.42 Å². The fourth-order valence-electron chi connectivity index (χ4n) is 3.81. The second kappa shape index (κ2) is 7.34. The molecule has 1 atom stereocenters. The lowest BCUT2D eigenvalue weighted by atomic mass is 9.89. The van der Waals surface area contributed by atoms with E-state index in [1.807, 2.05) is 19.1 Å². The molecule has 1 unspecified atom stereocenters. The summed E-state index contributed by atoms with van der Waals surface area (Å²) in [6.45, 7) is 10.3. The predicted octanol–water partition coefficient (Wildman–Crippen LogP) is 5.92. The second-order valence-electron chi connectivity index (χ2n) is 8.80. The summed E-state index contributed by atoms with van der Waals surface area (Å²) in [4.78, 5) is 12.5. The van der Waals surface area contributed by atoms with Gasteiger partial charge in [0.2, 0.25) is 5.91 Å². The summed E-state index contributed by atoms with van der Waals surface area (Å²) in [5.41, 5.74) is 6.46. The van der Waals surface area contributed by atoms with Gasteiger partial charge >= 0.3 is 0 Å². The Morgan fingerprint density at radius 1 is 1.22 bits per heavy atom. The topological polar surface area (TPSA) is 41.1 Å². The third-order valence-electron chi connectivity index (χ3n) is 5.10. The SMILES string of the molecule is Cc1cc2c(c(C)c1NC(=O)CC(C)(C)C)NC(c1ccc(F)cc1)CC2. The van der Waals surface area contributed by atoms with Crippen LogP contribution in [0.25, 0.3) is 0 Å². The smallest absolute Gasteiger partial charge is 0.224 e. The van der Waals surface area contributed by atoms with Crippen LogP contribution in [0.5, 0.6) is 0 Å². The molecule has 0 aromatic heterocycles. The summed E-state index contributed by atoms with van der Waals surface area (Å²) >= 11 is 0. The zero-order valence-corrected chi connectivity index (χ0v) is 16.9. The Hall–Kier alpha value is -2.36. The van der Waals surface area contributed by atoms with Gasteiger partial charge in [0.25, 0.3) is 0 Å². The molecule has 0 saturated heterocycles. The number of aryl methyl sites for hydroxylation is 2. The molecule has 2 aromatic rings. The van der Waals surface area contributed by atoms with Crippen LogP contribution in [0.2, 0.25) is 0 Å². The summed E-state index contributed by atoms with van der Waals surface area (Å²) < 4.78 is 13.2. The molecule has 2 N–H and O–H groups in total. The number of halogens is 1. The van der Waals surface area contributed by atoms with E-state index in [-0.39, 0.29) is 23.2 Å². The quantitative estimate of drug-likeness (QED) is 0.706. The monoisotopic (exact) mass is 368 g/mol. The summed E-state index contributed by atoms with van der Waals surface area (Å²) in [5.74, 6) is -0.176. The molecule has 0 radical (unpaired) electrons. The van der Waals surface area contributed by atoms with Gasteiger partial charge in [0, 0.05) is 17.8 Å². The van der Waals surface area contributed by atoms with Crippen molar-refractivity contribution in [2.24, 2.45) is 5.41 Å². The van der Waals surface area contributed by atoms with Crippen molar-refractivity contribution in [1.29, 1.82) is 0 Å². The number of anilines is 2. The van der Waals surface area contributed by atoms with Crippen LogP contribution >= 0.6 is 0 Å². The highest BCUT2D eigenvalue weighted by Gasteiger charge is 2.24. The van der Waals surface area contributed by atoms with E-state index in [1.54, 1.807) is 0 Å². The normalized spacial score (nSPS) is 16.4. The minimum Gasteiger partial charge on any atom is -0.378 e. The van der Waals surface area contributed by atoms with Gasteiger partial charge in [-0.05, 0) is 66.5 Å². The maximum Gasteiger partial charge on any atom is 0.224 e. The van der Waals surface area contributed by atoms with Gasteiger partial charge in [-0.25, -0.2) is 4.39 Å². The number of hydrogen-bond donors (Lipinski definition) is 2. The minimum absolute atomic E-state index is 0.0412. The van der Waals surface area contributed by atoms with Crippen LogP contribution in [-0.2, 0) is 11.2 Å². The molecular weight excluding hydrogens is 339 g/mol. The number of nitrogens with one attached hydrogen (secondary N) is 2. The Morgan fingerprint density at radius 2 is 1.89 bits per heavy atom. The molecule has 0 spiro atoms. The molecule has 1 aliphatic rings. The van der Waals surface area contributed by atoms with Crippen molar-refractivity contribution in [2.45, 2.75) is 59.9 Å². The Labute approximate surface area is 161 Å². The molecule has 1 amide bonds. The summed E-state index contributed by atoms with van der Waals surface area (Å²) in [6, 6.07) is 9.02. The fraction of sp³-hybridized carbons (Fsp3) is 0.435. The Morgan fingerprint density at radius 3 is 2.52 bits per heavy atom. The van der Waals surface area contributed by atoms with E-state index in [0.717, 1.165) is 40.9 Å². The molecule has 3 nitrogen and oxygen atoms in total. The van der Waals surface area contributed by atoms with Crippen molar-refractivity contribution in [3.05, 3.63) is 58.4 Å². The highest BCUT2D eigenvalue weighted by molar-refractivity contribution is 5.94. The van der Waals surface area contributed by atoms with Gasteiger partial charge in [-0.3, -0.25) is 4.79 Å². The largest absolute Gasteiger partial charge is 0.378 e. The van der Waals surface area contributed by atoms with Gasteiger partial charge in [-0.15, -0.1) is 0 Å². The predicted molar refractivity (Wildman–Crippen MR) is 110 cm³/mol. The van der Waals surface area contributed by atoms with E-state index in [9.17, 15) is 9.18 Å². The lowest BCUT2D eigenvalue weighted by Gasteiger charge is -2.31. The van der Waals surface area contributed by atoms with Gasteiger partial charge < -0.3 is 10.6 Å². The molecule has 0 bridgehead atoms. The minimum atomic E-state index is -0.217. The van der Waals surface area contributed by atoms with Crippen LogP contribution in [0, 0.1) is 25.1 Å². The second-order valence-corrected chi connectivity index (χ2v) is 8.80. The molecule has 0 saturated carbocycles. The van der Waals surface area contributed by atoms with Crippen LogP contribution in [0.3, 0.4) is 0 Å². The van der Waals surface area contributed by atoms with Crippen LogP contribution in [0.1, 0.15) is 61.9 Å². The lowest BCUT2D eigenvalue weighted by Crippen LogP contribution is -2.23. The van der Waals surface area contributed by atoms with Crippen molar-refractivity contribution < 1.29 is 9.18 Å². The van der Waals surface area contributed by atoms with Crippen molar-refractivity contribution in [1.82, 2.24) is 0 Å². The third-order valence-corrected chi connectivity index (χ3v) is 5.10. The van der Waals surface area contributed by atoms with Gasteiger partial charge in [0.15, 0.2) is 0 Å². The summed E-state index contributed by atoms with van der Waals surface area (Å²) in [6.07, 6.45) is 2.41. The molecule has 0 aliphatic carbocycles. The maximum atomic E-state index is 13.2. The van der Waals surface area contributed by atoms with E-state index in [2.05, 4.69) is 44.4 Å². The van der Waals surface area contributed by atoms with E-state index in [4.69, 9.17) is 0 Å². The van der Waals surface area contributed by atoms with Crippen molar-refractivity contribution in [3.63, 3.8) is 0 Å². The fourth-order valence-corrected chi connectivity index (χ4v) is 3.81. The Kier molecular flexibility index (Phi) is 5.27. The molecule has 3 rings (SSSR count). The first-order chi connectivity index (χ1) is 12.6. The first-order valence-corrected chi connectivity index (χ1v) is 9.59. The molecule has 2 aromatic carbocycles. The molecular formula is C23H29FN2O. The van der Waals surface area contributed by atoms with Gasteiger partial charge in [0.1, 0.15) is 5.82 Å². The molecule has 0 fully saturated rings. The highest BCUT2D eigenvalue weighted by atomic mass is 19.1. The number of carbonyl (C=O) groups is 1. The maximum absolute atomic E-state index is 13.2. The standard InChI is InChI=1S/C23H29FN2O/c1-14-12-17-8-11-19(16-6-9-18(24)10-7-16)25-22(17)15(2)21(14)26-20(27)13-23(3,4)5/h6-7,9-10,12,19,25H,8,11,13H2,1-5H3,(H,26,27). The number of rotatable bonds is 3. The van der Waals surface area contributed by atoms with Crippen molar-refractivity contribution in [3.8, 4) is 0 Å². The van der Waals surface area contributed by atoms with Crippen molar-refractivity contribution >= 4 is 17.3 Å². The van der Waals surface area contributed by atoms with Crippen LogP contribution < -0.4 is 10.6 Å². The first-order valence-electron chi connectivity index (χ1n) is 9.59. The zero-order chi connectivity index (χ0) is 19.8. The van der Waals surface area contributed by atoms with Gasteiger partial charge in [-0.1, -0.05) is 39.0 Å². The molecule has 144 valence electrons. The highest BCUT2D eigenvalue weighted by Crippen LogP contribution is 2.39. The number of carbonyl (C=O) groups excluding carboxylic acids is 1.